The van der Waals surface area contributed by atoms with Crippen molar-refractivity contribution in [3.05, 3.63) is 22.9 Å². The molecule has 1 aliphatic carbocycles. The molecule has 1 fully saturated rings. The van der Waals surface area contributed by atoms with Gasteiger partial charge < -0.3 is 15.7 Å². The number of nitrogens with two attached hydrogens (primary N) is 1. The predicted octanol–water partition coefficient (Wildman–Crippen LogP) is 0.319. The zero-order valence-electron chi connectivity index (χ0n) is 12.2. The average Bonchev–Trinajstić information content (AvgIpc) is 2.94. The fourth-order valence-corrected chi connectivity index (χ4v) is 3.36. The lowest BCUT2D eigenvalue weighted by Crippen LogP contribution is -2.48. The molecule has 0 spiro atoms. The Bertz CT molecular complexity index is 541. The molecule has 0 saturated carbocycles. The summed E-state index contributed by atoms with van der Waals surface area (Å²) in [6, 6.07) is 2.15. The lowest BCUT2D eigenvalue weighted by molar-refractivity contribution is 0.188. The van der Waals surface area contributed by atoms with E-state index in [-0.39, 0.29) is 6.61 Å². The van der Waals surface area contributed by atoms with E-state index in [9.17, 15) is 0 Å². The first kappa shape index (κ1) is 14.7. The molecular weight excluding hydrogens is 284 g/mol. The highest BCUT2D eigenvalue weighted by Gasteiger charge is 2.24. The third-order valence-electron chi connectivity index (χ3n) is 4.38. The molecule has 0 aromatic carbocycles. The van der Waals surface area contributed by atoms with Gasteiger partial charge in [0.1, 0.15) is 10.8 Å². The second-order valence-electron chi connectivity index (χ2n) is 5.74. The number of rotatable bonds is 4. The highest BCUT2D eigenvalue weighted by molar-refractivity contribution is 7.80. The van der Waals surface area contributed by atoms with Gasteiger partial charge in [-0.2, -0.15) is 0 Å². The Morgan fingerprint density at radius 1 is 1.29 bits per heavy atom. The Morgan fingerprint density at radius 3 is 2.71 bits per heavy atom. The molecule has 0 amide bonds. The van der Waals surface area contributed by atoms with Crippen LogP contribution in [0.2, 0.25) is 0 Å². The minimum Gasteiger partial charge on any atom is -0.395 e. The van der Waals surface area contributed by atoms with Crippen LogP contribution in [-0.2, 0) is 12.8 Å². The summed E-state index contributed by atoms with van der Waals surface area (Å²) in [4.78, 5) is 9.84. The first-order valence-electron chi connectivity index (χ1n) is 7.60. The molecule has 5 nitrogen and oxygen atoms in total. The number of β-amino-alcohol motifs (C(OH)–C–C–N with tert-alkyl or cyclic N) is 1. The van der Waals surface area contributed by atoms with Crippen molar-refractivity contribution in [2.75, 3.05) is 44.2 Å². The Balaban J connectivity index is 1.83. The number of pyridine rings is 1. The number of thiocarbonyl (C=S) groups is 1. The van der Waals surface area contributed by atoms with E-state index in [4.69, 9.17) is 28.0 Å². The number of hydrogen-bond acceptors (Lipinski definition) is 5. The second kappa shape index (κ2) is 6.25. The smallest absolute Gasteiger partial charge is 0.139 e. The van der Waals surface area contributed by atoms with E-state index in [0.717, 1.165) is 56.9 Å². The molecule has 2 aliphatic rings. The minimum absolute atomic E-state index is 0.217. The van der Waals surface area contributed by atoms with Crippen LogP contribution in [0.15, 0.2) is 6.07 Å². The number of anilines is 1. The summed E-state index contributed by atoms with van der Waals surface area (Å²) in [5.74, 6) is 0.951. The minimum atomic E-state index is 0.217. The number of aromatic nitrogens is 1. The molecule has 6 heteroatoms. The molecule has 0 unspecified atom stereocenters. The molecule has 0 atom stereocenters. The summed E-state index contributed by atoms with van der Waals surface area (Å²) < 4.78 is 0. The molecule has 2 heterocycles. The van der Waals surface area contributed by atoms with E-state index in [2.05, 4.69) is 15.9 Å². The van der Waals surface area contributed by atoms with E-state index in [0.29, 0.717) is 4.99 Å². The molecule has 0 bridgehead atoms. The van der Waals surface area contributed by atoms with Gasteiger partial charge in [0.2, 0.25) is 0 Å². The van der Waals surface area contributed by atoms with Crippen LogP contribution in [0, 0.1) is 0 Å². The van der Waals surface area contributed by atoms with Gasteiger partial charge in [0.05, 0.1) is 12.2 Å². The van der Waals surface area contributed by atoms with Gasteiger partial charge in [-0.15, -0.1) is 0 Å². The number of piperazine rings is 1. The van der Waals surface area contributed by atoms with Crippen LogP contribution in [0.3, 0.4) is 0 Å². The van der Waals surface area contributed by atoms with Gasteiger partial charge in [0.15, 0.2) is 0 Å². The number of hydrogen-bond donors (Lipinski definition) is 2. The second-order valence-corrected chi connectivity index (χ2v) is 6.18. The molecule has 21 heavy (non-hydrogen) atoms. The molecule has 0 radical (unpaired) electrons. The maximum atomic E-state index is 9.02. The Kier molecular flexibility index (Phi) is 4.37. The van der Waals surface area contributed by atoms with Crippen LogP contribution >= 0.6 is 12.2 Å². The summed E-state index contributed by atoms with van der Waals surface area (Å²) >= 11 is 5.22. The third kappa shape index (κ3) is 3.02. The van der Waals surface area contributed by atoms with Crippen molar-refractivity contribution in [1.82, 2.24) is 9.88 Å². The van der Waals surface area contributed by atoms with Crippen molar-refractivity contribution in [3.63, 3.8) is 0 Å². The molecule has 1 aromatic rings. The monoisotopic (exact) mass is 306 g/mol. The number of fused-ring (bicyclic) bond motifs is 1. The lowest BCUT2D eigenvalue weighted by atomic mass is 10.1. The molecule has 1 aromatic heterocycles. The van der Waals surface area contributed by atoms with Crippen molar-refractivity contribution >= 4 is 23.0 Å². The summed E-state index contributed by atoms with van der Waals surface area (Å²) in [6.07, 6.45) is 3.32. The highest BCUT2D eigenvalue weighted by atomic mass is 32.1. The maximum absolute atomic E-state index is 9.02. The molecule has 3 rings (SSSR count). The normalized spacial score (nSPS) is 18.8. The SMILES string of the molecule is NC(=S)c1cc2c(nc1N1CCN(CCO)CC1)CCC2. The van der Waals surface area contributed by atoms with Crippen molar-refractivity contribution in [1.29, 1.82) is 0 Å². The van der Waals surface area contributed by atoms with E-state index < -0.39 is 0 Å². The van der Waals surface area contributed by atoms with Crippen LogP contribution in [0.4, 0.5) is 5.82 Å². The van der Waals surface area contributed by atoms with E-state index in [1.165, 1.54) is 17.7 Å². The summed E-state index contributed by atoms with van der Waals surface area (Å²) in [5, 5.41) is 9.02. The van der Waals surface area contributed by atoms with Gasteiger partial charge in [0.25, 0.3) is 0 Å². The standard InChI is InChI=1S/C15H22N4OS/c16-14(21)12-10-11-2-1-3-13(11)17-15(12)19-6-4-18(5-7-19)8-9-20/h10,20H,1-9H2,(H2,16,21). The van der Waals surface area contributed by atoms with Gasteiger partial charge in [-0.05, 0) is 30.9 Å². The van der Waals surface area contributed by atoms with Crippen molar-refractivity contribution < 1.29 is 5.11 Å². The van der Waals surface area contributed by atoms with Crippen molar-refractivity contribution in [2.45, 2.75) is 19.3 Å². The summed E-state index contributed by atoms with van der Waals surface area (Å²) in [7, 11) is 0. The van der Waals surface area contributed by atoms with E-state index in [1.54, 1.807) is 0 Å². The van der Waals surface area contributed by atoms with Crippen molar-refractivity contribution in [2.24, 2.45) is 5.73 Å². The number of aliphatic hydroxyl groups excluding tert-OH is 1. The Morgan fingerprint density at radius 2 is 2.05 bits per heavy atom. The molecule has 1 saturated heterocycles. The maximum Gasteiger partial charge on any atom is 0.139 e. The fraction of sp³-hybridized carbons (Fsp3) is 0.600. The predicted molar refractivity (Wildman–Crippen MR) is 87.9 cm³/mol. The summed E-state index contributed by atoms with van der Waals surface area (Å²) in [6.45, 7) is 4.65. The Hall–Kier alpha value is -1.24. The first-order chi connectivity index (χ1) is 10.2. The number of nitrogens with zero attached hydrogens (tertiary/aromatic N) is 3. The molecular formula is C15H22N4OS. The highest BCUT2D eigenvalue weighted by Crippen LogP contribution is 2.28. The van der Waals surface area contributed by atoms with E-state index in [1.807, 2.05) is 0 Å². The van der Waals surface area contributed by atoms with Gasteiger partial charge in [-0.3, -0.25) is 4.90 Å². The largest absolute Gasteiger partial charge is 0.395 e. The lowest BCUT2D eigenvalue weighted by Gasteiger charge is -2.36. The van der Waals surface area contributed by atoms with Crippen molar-refractivity contribution in [3.8, 4) is 0 Å². The molecule has 114 valence electrons. The molecule has 3 N–H and O–H groups in total. The fourth-order valence-electron chi connectivity index (χ4n) is 3.21. The average molecular weight is 306 g/mol. The van der Waals surface area contributed by atoms with E-state index >= 15 is 0 Å². The quantitative estimate of drug-likeness (QED) is 0.781. The van der Waals surface area contributed by atoms with Crippen LogP contribution in [0.5, 0.6) is 0 Å². The van der Waals surface area contributed by atoms with Crippen LogP contribution in [0.25, 0.3) is 0 Å². The zero-order valence-corrected chi connectivity index (χ0v) is 13.0. The Labute approximate surface area is 130 Å². The molecule has 1 aliphatic heterocycles. The number of aliphatic hydroxyl groups is 1. The van der Waals surface area contributed by atoms with Gasteiger partial charge in [0, 0.05) is 38.4 Å². The van der Waals surface area contributed by atoms with Gasteiger partial charge >= 0.3 is 0 Å². The topological polar surface area (TPSA) is 65.6 Å². The summed E-state index contributed by atoms with van der Waals surface area (Å²) in [5.41, 5.74) is 9.35. The zero-order chi connectivity index (χ0) is 14.8. The van der Waals surface area contributed by atoms with Crippen LogP contribution in [-0.4, -0.2) is 59.3 Å². The number of aryl methyl sites for hydroxylation is 2. The first-order valence-corrected chi connectivity index (χ1v) is 8.00. The third-order valence-corrected chi connectivity index (χ3v) is 4.60. The van der Waals surface area contributed by atoms with Crippen LogP contribution in [0.1, 0.15) is 23.2 Å². The van der Waals surface area contributed by atoms with Crippen LogP contribution < -0.4 is 10.6 Å². The van der Waals surface area contributed by atoms with Gasteiger partial charge in [-0.25, -0.2) is 4.98 Å². The van der Waals surface area contributed by atoms with Gasteiger partial charge in [-0.1, -0.05) is 12.2 Å².